The molecule has 0 amide bonds. The Labute approximate surface area is 96.9 Å². The minimum atomic E-state index is 0.314. The molecule has 3 heterocycles. The van der Waals surface area contributed by atoms with Gasteiger partial charge in [-0.1, -0.05) is 11.6 Å². The van der Waals surface area contributed by atoms with Gasteiger partial charge in [0, 0.05) is 13.1 Å². The maximum absolute atomic E-state index is 5.72. The maximum Gasteiger partial charge on any atom is 0.225 e. The third-order valence-electron chi connectivity index (χ3n) is 2.52. The van der Waals surface area contributed by atoms with Crippen molar-refractivity contribution in [2.75, 3.05) is 18.0 Å². The van der Waals surface area contributed by atoms with Crippen LogP contribution in [0.15, 0.2) is 24.8 Å². The predicted molar refractivity (Wildman–Crippen MR) is 58.3 cm³/mol. The van der Waals surface area contributed by atoms with E-state index in [4.69, 9.17) is 11.6 Å². The van der Waals surface area contributed by atoms with E-state index in [0.29, 0.717) is 17.0 Å². The molecule has 0 unspecified atom stereocenters. The zero-order chi connectivity index (χ0) is 11.0. The molecule has 3 rings (SSSR count). The molecule has 0 spiro atoms. The number of hydrogen-bond donors (Lipinski definition) is 0. The molecule has 82 valence electrons. The summed E-state index contributed by atoms with van der Waals surface area (Å²) in [5.74, 6) is 0.702. The molecular formula is C9H9ClN6. The average Bonchev–Trinajstić information content (AvgIpc) is 2.72. The fourth-order valence-corrected chi connectivity index (χ4v) is 1.75. The van der Waals surface area contributed by atoms with Crippen LogP contribution in [0.25, 0.3) is 0 Å². The first kappa shape index (κ1) is 9.53. The highest BCUT2D eigenvalue weighted by molar-refractivity contribution is 6.30. The Morgan fingerprint density at radius 1 is 1.12 bits per heavy atom. The van der Waals surface area contributed by atoms with E-state index in [2.05, 4.69) is 25.1 Å². The van der Waals surface area contributed by atoms with Gasteiger partial charge in [-0.25, -0.2) is 9.97 Å². The van der Waals surface area contributed by atoms with Crippen LogP contribution in [0, 0.1) is 0 Å². The lowest BCUT2D eigenvalue weighted by Crippen LogP contribution is -2.49. The molecule has 7 heteroatoms. The number of halogens is 1. The first-order chi connectivity index (χ1) is 7.83. The van der Waals surface area contributed by atoms with Crippen molar-refractivity contribution in [1.82, 2.24) is 25.0 Å². The summed E-state index contributed by atoms with van der Waals surface area (Å²) in [4.78, 5) is 12.1. The smallest absolute Gasteiger partial charge is 0.225 e. The van der Waals surface area contributed by atoms with Crippen molar-refractivity contribution >= 4 is 17.5 Å². The summed E-state index contributed by atoms with van der Waals surface area (Å²) >= 11 is 5.72. The molecule has 0 aromatic carbocycles. The van der Waals surface area contributed by atoms with Gasteiger partial charge in [0.15, 0.2) is 0 Å². The largest absolute Gasteiger partial charge is 0.336 e. The average molecular weight is 237 g/mol. The van der Waals surface area contributed by atoms with Crippen LogP contribution in [0.5, 0.6) is 0 Å². The van der Waals surface area contributed by atoms with Crippen LogP contribution in [0.2, 0.25) is 5.02 Å². The molecule has 0 atom stereocenters. The summed E-state index contributed by atoms with van der Waals surface area (Å²) in [6.07, 6.45) is 6.57. The summed E-state index contributed by atoms with van der Waals surface area (Å²) in [5, 5.41) is 8.75. The van der Waals surface area contributed by atoms with Crippen molar-refractivity contribution in [3.8, 4) is 0 Å². The van der Waals surface area contributed by atoms with Crippen LogP contribution < -0.4 is 4.90 Å². The standard InChI is InChI=1S/C9H9ClN6/c10-7-3-11-9(12-4-7)15-5-8(6-15)16-13-1-2-14-16/h1-4,8H,5-6H2. The van der Waals surface area contributed by atoms with Crippen molar-refractivity contribution in [1.29, 1.82) is 0 Å². The Kier molecular flexibility index (Phi) is 2.21. The van der Waals surface area contributed by atoms with Crippen LogP contribution in [-0.4, -0.2) is 38.1 Å². The minimum Gasteiger partial charge on any atom is -0.336 e. The molecule has 16 heavy (non-hydrogen) atoms. The summed E-state index contributed by atoms with van der Waals surface area (Å²) in [5.41, 5.74) is 0. The van der Waals surface area contributed by atoms with Gasteiger partial charge in [0.2, 0.25) is 5.95 Å². The van der Waals surface area contributed by atoms with Crippen LogP contribution in [-0.2, 0) is 0 Å². The number of hydrogen-bond acceptors (Lipinski definition) is 5. The summed E-state index contributed by atoms with van der Waals surface area (Å²) in [6.45, 7) is 1.66. The van der Waals surface area contributed by atoms with E-state index in [0.717, 1.165) is 13.1 Å². The number of aromatic nitrogens is 5. The molecule has 6 nitrogen and oxygen atoms in total. The van der Waals surface area contributed by atoms with E-state index in [1.54, 1.807) is 29.6 Å². The molecule has 2 aromatic heterocycles. The number of rotatable bonds is 2. The van der Waals surface area contributed by atoms with Gasteiger partial charge in [0.1, 0.15) is 6.04 Å². The van der Waals surface area contributed by atoms with Gasteiger partial charge in [0.25, 0.3) is 0 Å². The molecule has 1 aliphatic heterocycles. The zero-order valence-electron chi connectivity index (χ0n) is 8.36. The molecule has 0 saturated carbocycles. The topological polar surface area (TPSA) is 59.7 Å². The van der Waals surface area contributed by atoms with Crippen molar-refractivity contribution in [3.63, 3.8) is 0 Å². The third-order valence-corrected chi connectivity index (χ3v) is 2.71. The molecule has 0 aliphatic carbocycles. The number of nitrogens with zero attached hydrogens (tertiary/aromatic N) is 6. The van der Waals surface area contributed by atoms with Crippen molar-refractivity contribution in [3.05, 3.63) is 29.8 Å². The molecule has 0 N–H and O–H groups in total. The first-order valence-electron chi connectivity index (χ1n) is 4.91. The molecular weight excluding hydrogens is 228 g/mol. The lowest BCUT2D eigenvalue weighted by molar-refractivity contribution is 0.329. The van der Waals surface area contributed by atoms with Crippen LogP contribution in [0.1, 0.15) is 6.04 Å². The first-order valence-corrected chi connectivity index (χ1v) is 5.29. The molecule has 1 saturated heterocycles. The Bertz CT molecular complexity index is 461. The summed E-state index contributed by atoms with van der Waals surface area (Å²) in [7, 11) is 0. The Hall–Kier alpha value is -1.69. The van der Waals surface area contributed by atoms with Gasteiger partial charge in [-0.3, -0.25) is 0 Å². The van der Waals surface area contributed by atoms with Crippen molar-refractivity contribution < 1.29 is 0 Å². The number of anilines is 1. The maximum atomic E-state index is 5.72. The Morgan fingerprint density at radius 3 is 2.38 bits per heavy atom. The second-order valence-corrected chi connectivity index (χ2v) is 4.05. The summed E-state index contributed by atoms with van der Waals surface area (Å²) < 4.78 is 0. The zero-order valence-corrected chi connectivity index (χ0v) is 9.12. The second-order valence-electron chi connectivity index (χ2n) is 3.61. The molecule has 0 radical (unpaired) electrons. The Morgan fingerprint density at radius 2 is 1.75 bits per heavy atom. The van der Waals surface area contributed by atoms with Gasteiger partial charge in [-0.2, -0.15) is 15.0 Å². The molecule has 1 aliphatic rings. The quantitative estimate of drug-likeness (QED) is 0.771. The summed E-state index contributed by atoms with van der Waals surface area (Å²) in [6, 6.07) is 0.314. The van der Waals surface area contributed by atoms with Gasteiger partial charge in [-0.05, 0) is 0 Å². The lowest BCUT2D eigenvalue weighted by atomic mass is 10.1. The fraction of sp³-hybridized carbons (Fsp3) is 0.333. The molecule has 0 bridgehead atoms. The van der Waals surface area contributed by atoms with E-state index >= 15 is 0 Å². The van der Waals surface area contributed by atoms with Gasteiger partial charge < -0.3 is 4.90 Å². The van der Waals surface area contributed by atoms with E-state index in [1.165, 1.54) is 0 Å². The van der Waals surface area contributed by atoms with Crippen LogP contribution in [0.4, 0.5) is 5.95 Å². The highest BCUT2D eigenvalue weighted by Crippen LogP contribution is 2.23. The van der Waals surface area contributed by atoms with E-state index in [9.17, 15) is 0 Å². The van der Waals surface area contributed by atoms with E-state index in [1.807, 2.05) is 0 Å². The van der Waals surface area contributed by atoms with Crippen LogP contribution in [0.3, 0.4) is 0 Å². The van der Waals surface area contributed by atoms with Crippen LogP contribution >= 0.6 is 11.6 Å². The third kappa shape index (κ3) is 1.61. The SMILES string of the molecule is Clc1cnc(N2CC(n3nccn3)C2)nc1. The Balaban J connectivity index is 1.67. The predicted octanol–water partition coefficient (Wildman–Crippen LogP) is 0.783. The van der Waals surface area contributed by atoms with E-state index < -0.39 is 0 Å². The minimum absolute atomic E-state index is 0.314. The lowest BCUT2D eigenvalue weighted by Gasteiger charge is -2.38. The highest BCUT2D eigenvalue weighted by atomic mass is 35.5. The normalized spacial score (nSPS) is 16.2. The monoisotopic (exact) mass is 236 g/mol. The highest BCUT2D eigenvalue weighted by Gasteiger charge is 2.31. The van der Waals surface area contributed by atoms with Gasteiger partial charge in [-0.15, -0.1) is 0 Å². The van der Waals surface area contributed by atoms with Crippen molar-refractivity contribution in [2.24, 2.45) is 0 Å². The van der Waals surface area contributed by atoms with E-state index in [-0.39, 0.29) is 0 Å². The van der Waals surface area contributed by atoms with Gasteiger partial charge in [0.05, 0.1) is 29.8 Å². The van der Waals surface area contributed by atoms with Gasteiger partial charge >= 0.3 is 0 Å². The van der Waals surface area contributed by atoms with Crippen molar-refractivity contribution in [2.45, 2.75) is 6.04 Å². The molecule has 2 aromatic rings. The molecule has 1 fully saturated rings. The fourth-order valence-electron chi connectivity index (χ4n) is 1.65. The second kappa shape index (κ2) is 3.71.